The molecule has 3 N–H and O–H groups in total. The van der Waals surface area contributed by atoms with E-state index in [1.54, 1.807) is 25.1 Å². The zero-order valence-electron chi connectivity index (χ0n) is 10.1. The second-order valence-corrected chi connectivity index (χ2v) is 6.05. The van der Waals surface area contributed by atoms with Crippen molar-refractivity contribution in [3.63, 3.8) is 0 Å². The fourth-order valence-electron chi connectivity index (χ4n) is 1.43. The number of aromatic nitrogens is 1. The minimum atomic E-state index is -3.75. The lowest BCUT2D eigenvalue weighted by Gasteiger charge is -2.09. The fraction of sp³-hybridized carbons (Fsp3) is 0.0833. The van der Waals surface area contributed by atoms with Crippen LogP contribution in [-0.2, 0) is 10.0 Å². The summed E-state index contributed by atoms with van der Waals surface area (Å²) in [6.45, 7) is 1.80. The van der Waals surface area contributed by atoms with Crippen LogP contribution in [0.4, 0.5) is 11.5 Å². The Labute approximate surface area is 116 Å². The molecule has 2 rings (SSSR count). The molecule has 1 heterocycles. The van der Waals surface area contributed by atoms with E-state index in [0.717, 1.165) is 5.56 Å². The maximum absolute atomic E-state index is 12.2. The van der Waals surface area contributed by atoms with Crippen LogP contribution in [0.2, 0.25) is 5.02 Å². The number of nitrogens with one attached hydrogen (secondary N) is 1. The molecular weight excluding hydrogens is 286 g/mol. The number of nitrogens with zero attached hydrogens (tertiary/aromatic N) is 1. The smallest absolute Gasteiger partial charge is 0.263 e. The predicted molar refractivity (Wildman–Crippen MR) is 75.6 cm³/mol. The molecule has 0 unspecified atom stereocenters. The minimum Gasteiger partial charge on any atom is -0.398 e. The Hall–Kier alpha value is -1.79. The van der Waals surface area contributed by atoms with Gasteiger partial charge < -0.3 is 5.73 Å². The number of hydrogen-bond acceptors (Lipinski definition) is 4. The number of sulfonamides is 1. The highest BCUT2D eigenvalue weighted by Crippen LogP contribution is 2.23. The molecule has 0 spiro atoms. The second-order valence-electron chi connectivity index (χ2n) is 3.96. The normalized spacial score (nSPS) is 11.3. The fourth-order valence-corrected chi connectivity index (χ4v) is 2.72. The predicted octanol–water partition coefficient (Wildman–Crippen LogP) is 2.43. The van der Waals surface area contributed by atoms with E-state index in [2.05, 4.69) is 9.71 Å². The van der Waals surface area contributed by atoms with Gasteiger partial charge in [0.1, 0.15) is 0 Å². The van der Waals surface area contributed by atoms with Gasteiger partial charge in [0.15, 0.2) is 5.82 Å². The molecule has 0 aliphatic carbocycles. The van der Waals surface area contributed by atoms with E-state index in [-0.39, 0.29) is 15.7 Å². The first kappa shape index (κ1) is 13.6. The van der Waals surface area contributed by atoms with Crippen LogP contribution in [0.1, 0.15) is 5.56 Å². The number of nitrogen functional groups attached to an aromatic ring is 1. The molecule has 0 aliphatic heterocycles. The van der Waals surface area contributed by atoms with E-state index in [4.69, 9.17) is 17.3 Å². The van der Waals surface area contributed by atoms with Crippen molar-refractivity contribution in [2.45, 2.75) is 11.8 Å². The van der Waals surface area contributed by atoms with E-state index in [1.165, 1.54) is 18.3 Å². The molecule has 5 nitrogen and oxygen atoms in total. The Balaban J connectivity index is 2.38. The van der Waals surface area contributed by atoms with Gasteiger partial charge in [-0.1, -0.05) is 17.7 Å². The number of halogens is 1. The molecule has 0 aliphatic rings. The zero-order valence-corrected chi connectivity index (χ0v) is 11.7. The zero-order chi connectivity index (χ0) is 14.0. The summed E-state index contributed by atoms with van der Waals surface area (Å²) in [5, 5.41) is 0.228. The molecule has 0 bridgehead atoms. The first-order chi connectivity index (χ1) is 8.90. The van der Waals surface area contributed by atoms with Gasteiger partial charge in [-0.25, -0.2) is 13.4 Å². The second kappa shape index (κ2) is 5.07. The molecule has 0 amide bonds. The first-order valence-corrected chi connectivity index (χ1v) is 7.26. The average molecular weight is 298 g/mol. The standard InChI is InChI=1S/C12H12ClN3O2S/c1-8-4-5-9(7-11(8)14)19(17,18)16-12-10(13)3-2-6-15-12/h2-7H,14H2,1H3,(H,15,16). The quantitative estimate of drug-likeness (QED) is 0.852. The molecule has 7 heteroatoms. The van der Waals surface area contributed by atoms with Crippen LogP contribution in [0.5, 0.6) is 0 Å². The van der Waals surface area contributed by atoms with Crippen LogP contribution in [0.3, 0.4) is 0 Å². The largest absolute Gasteiger partial charge is 0.398 e. The highest BCUT2D eigenvalue weighted by Gasteiger charge is 2.17. The van der Waals surface area contributed by atoms with Crippen LogP contribution in [-0.4, -0.2) is 13.4 Å². The SMILES string of the molecule is Cc1ccc(S(=O)(=O)Nc2ncccc2Cl)cc1N. The van der Waals surface area contributed by atoms with Crippen LogP contribution in [0.15, 0.2) is 41.4 Å². The van der Waals surface area contributed by atoms with Crippen LogP contribution in [0.25, 0.3) is 0 Å². The number of aryl methyl sites for hydroxylation is 1. The third-order valence-corrected chi connectivity index (χ3v) is 4.19. The van der Waals surface area contributed by atoms with Crippen molar-refractivity contribution in [3.8, 4) is 0 Å². The van der Waals surface area contributed by atoms with E-state index < -0.39 is 10.0 Å². The van der Waals surface area contributed by atoms with Crippen molar-refractivity contribution in [2.24, 2.45) is 0 Å². The molecule has 2 aromatic rings. The molecule has 0 atom stereocenters. The number of pyridine rings is 1. The summed E-state index contributed by atoms with van der Waals surface area (Å²) in [5.74, 6) is 0.0864. The Bertz CT molecular complexity index is 717. The highest BCUT2D eigenvalue weighted by molar-refractivity contribution is 7.92. The third kappa shape index (κ3) is 2.97. The van der Waals surface area contributed by atoms with Crippen molar-refractivity contribution in [1.82, 2.24) is 4.98 Å². The molecule has 0 saturated carbocycles. The Morgan fingerprint density at radius 2 is 2.05 bits per heavy atom. The van der Waals surface area contributed by atoms with Crippen molar-refractivity contribution in [3.05, 3.63) is 47.1 Å². The number of nitrogens with two attached hydrogens (primary N) is 1. The molecule has 0 radical (unpaired) electrons. The summed E-state index contributed by atoms with van der Waals surface area (Å²) in [6, 6.07) is 7.68. The van der Waals surface area contributed by atoms with E-state index in [1.807, 2.05) is 0 Å². The van der Waals surface area contributed by atoms with Crippen LogP contribution < -0.4 is 10.5 Å². The summed E-state index contributed by atoms with van der Waals surface area (Å²) < 4.78 is 26.6. The highest BCUT2D eigenvalue weighted by atomic mass is 35.5. The molecule has 0 fully saturated rings. The van der Waals surface area contributed by atoms with Crippen LogP contribution >= 0.6 is 11.6 Å². The molecular formula is C12H12ClN3O2S. The summed E-state index contributed by atoms with van der Waals surface area (Å²) in [6.07, 6.45) is 1.45. The van der Waals surface area contributed by atoms with Gasteiger partial charge in [-0.05, 0) is 36.8 Å². The van der Waals surface area contributed by atoms with Gasteiger partial charge in [-0.2, -0.15) is 0 Å². The van der Waals surface area contributed by atoms with E-state index >= 15 is 0 Å². The molecule has 1 aromatic heterocycles. The first-order valence-electron chi connectivity index (χ1n) is 5.39. The van der Waals surface area contributed by atoms with Crippen LogP contribution in [0, 0.1) is 6.92 Å². The van der Waals surface area contributed by atoms with Crippen molar-refractivity contribution in [2.75, 3.05) is 10.5 Å². The van der Waals surface area contributed by atoms with Gasteiger partial charge >= 0.3 is 0 Å². The lowest BCUT2D eigenvalue weighted by atomic mass is 10.2. The summed E-state index contributed by atoms with van der Waals surface area (Å²) in [5.41, 5.74) is 6.93. The van der Waals surface area contributed by atoms with Crippen molar-refractivity contribution >= 4 is 33.1 Å². The number of hydrogen-bond donors (Lipinski definition) is 2. The Morgan fingerprint density at radius 1 is 1.32 bits per heavy atom. The number of rotatable bonds is 3. The van der Waals surface area contributed by atoms with Gasteiger partial charge in [0.2, 0.25) is 0 Å². The van der Waals surface area contributed by atoms with Gasteiger partial charge in [0.25, 0.3) is 10.0 Å². The van der Waals surface area contributed by atoms with E-state index in [0.29, 0.717) is 5.69 Å². The van der Waals surface area contributed by atoms with Gasteiger partial charge in [-0.15, -0.1) is 0 Å². The summed E-state index contributed by atoms with van der Waals surface area (Å²) in [7, 11) is -3.75. The lowest BCUT2D eigenvalue weighted by molar-refractivity contribution is 0.601. The molecule has 1 aromatic carbocycles. The van der Waals surface area contributed by atoms with E-state index in [9.17, 15) is 8.42 Å². The average Bonchev–Trinajstić information content (AvgIpc) is 2.35. The van der Waals surface area contributed by atoms with Gasteiger partial charge in [0, 0.05) is 11.9 Å². The van der Waals surface area contributed by atoms with Crippen molar-refractivity contribution in [1.29, 1.82) is 0 Å². The number of anilines is 2. The molecule has 19 heavy (non-hydrogen) atoms. The number of benzene rings is 1. The maximum atomic E-state index is 12.2. The maximum Gasteiger partial charge on any atom is 0.263 e. The monoisotopic (exact) mass is 297 g/mol. The Morgan fingerprint density at radius 3 is 2.68 bits per heavy atom. The Kier molecular flexibility index (Phi) is 3.64. The summed E-state index contributed by atoms with van der Waals surface area (Å²) in [4.78, 5) is 3.94. The minimum absolute atomic E-state index is 0.0670. The van der Waals surface area contributed by atoms with Crippen molar-refractivity contribution < 1.29 is 8.42 Å². The van der Waals surface area contributed by atoms with Gasteiger partial charge in [-0.3, -0.25) is 4.72 Å². The summed E-state index contributed by atoms with van der Waals surface area (Å²) >= 11 is 5.86. The third-order valence-electron chi connectivity index (χ3n) is 2.55. The lowest BCUT2D eigenvalue weighted by Crippen LogP contribution is -2.14. The molecule has 100 valence electrons. The van der Waals surface area contributed by atoms with Gasteiger partial charge in [0.05, 0.1) is 9.92 Å². The topological polar surface area (TPSA) is 85.1 Å². The molecule has 0 saturated heterocycles.